The Kier molecular flexibility index (Phi) is 2.63. The molecule has 0 atom stereocenters. The lowest BCUT2D eigenvalue weighted by Crippen LogP contribution is -2.43. The van der Waals surface area contributed by atoms with Crippen LogP contribution in [0.3, 0.4) is 0 Å². The molecule has 0 saturated heterocycles. The average molecular weight is 256 g/mol. The highest BCUT2D eigenvalue weighted by molar-refractivity contribution is 5.66. The summed E-state index contributed by atoms with van der Waals surface area (Å²) >= 11 is 0. The van der Waals surface area contributed by atoms with Gasteiger partial charge in [-0.1, -0.05) is 18.6 Å². The predicted molar refractivity (Wildman–Crippen MR) is 80.1 cm³/mol. The molecular weight excluding hydrogens is 232 g/mol. The van der Waals surface area contributed by atoms with Crippen LogP contribution in [0.15, 0.2) is 12.1 Å². The summed E-state index contributed by atoms with van der Waals surface area (Å²) in [6, 6.07) is 5.09. The third-order valence-corrected chi connectivity index (χ3v) is 5.55. The maximum Gasteiger partial charge on any atom is 0.0432 e. The molecule has 0 unspecified atom stereocenters. The molecule has 4 rings (SSSR count). The molecule has 1 N–H and O–H groups in total. The smallest absolute Gasteiger partial charge is 0.0432 e. The first-order valence-electron chi connectivity index (χ1n) is 7.88. The fourth-order valence-corrected chi connectivity index (χ4v) is 4.41. The number of rotatable bonds is 3. The van der Waals surface area contributed by atoms with E-state index in [9.17, 15) is 0 Å². The Bertz CT molecular complexity index is 502. The topological polar surface area (TPSA) is 15.3 Å². The van der Waals surface area contributed by atoms with Gasteiger partial charge in [-0.25, -0.2) is 0 Å². The molecule has 102 valence electrons. The van der Waals surface area contributed by atoms with E-state index in [0.717, 1.165) is 6.54 Å². The van der Waals surface area contributed by atoms with Crippen LogP contribution in [0, 0.1) is 0 Å². The van der Waals surface area contributed by atoms with Crippen molar-refractivity contribution in [2.24, 2.45) is 0 Å². The Morgan fingerprint density at radius 3 is 2.58 bits per heavy atom. The van der Waals surface area contributed by atoms with E-state index in [1.165, 1.54) is 51.6 Å². The first-order chi connectivity index (χ1) is 9.32. The van der Waals surface area contributed by atoms with E-state index in [4.69, 9.17) is 0 Å². The summed E-state index contributed by atoms with van der Waals surface area (Å²) in [5.74, 6) is 0. The van der Waals surface area contributed by atoms with Crippen molar-refractivity contribution in [2.75, 3.05) is 31.6 Å². The van der Waals surface area contributed by atoms with Gasteiger partial charge in [0.25, 0.3) is 0 Å². The van der Waals surface area contributed by atoms with Gasteiger partial charge in [-0.05, 0) is 55.8 Å². The molecule has 0 amide bonds. The van der Waals surface area contributed by atoms with Crippen LogP contribution in [0.2, 0.25) is 0 Å². The largest absolute Gasteiger partial charge is 0.371 e. The Hall–Kier alpha value is -1.02. The van der Waals surface area contributed by atoms with Gasteiger partial charge in [0.1, 0.15) is 0 Å². The Morgan fingerprint density at radius 1 is 1.11 bits per heavy atom. The number of hydrogen-bond donors (Lipinski definition) is 1. The third kappa shape index (κ3) is 1.66. The van der Waals surface area contributed by atoms with Gasteiger partial charge in [-0.2, -0.15) is 0 Å². The molecule has 3 aliphatic rings. The highest BCUT2D eigenvalue weighted by Gasteiger charge is 2.39. The molecule has 2 heterocycles. The van der Waals surface area contributed by atoms with Gasteiger partial charge in [0.05, 0.1) is 0 Å². The molecule has 0 bridgehead atoms. The zero-order chi connectivity index (χ0) is 12.9. The number of nitrogens with one attached hydrogen (secondary N) is 1. The van der Waals surface area contributed by atoms with Crippen LogP contribution in [0.4, 0.5) is 5.69 Å². The summed E-state index contributed by atoms with van der Waals surface area (Å²) in [6.07, 6.45) is 8.05. The van der Waals surface area contributed by atoms with Gasteiger partial charge in [0.15, 0.2) is 0 Å². The fraction of sp³-hybridized carbons (Fsp3) is 0.647. The maximum absolute atomic E-state index is 3.43. The van der Waals surface area contributed by atoms with Crippen molar-refractivity contribution in [3.8, 4) is 0 Å². The first kappa shape index (κ1) is 11.8. The monoisotopic (exact) mass is 256 g/mol. The zero-order valence-corrected chi connectivity index (χ0v) is 12.0. The van der Waals surface area contributed by atoms with E-state index in [1.54, 1.807) is 22.4 Å². The maximum atomic E-state index is 3.43. The number of aryl methyl sites for hydroxylation is 1. The van der Waals surface area contributed by atoms with E-state index >= 15 is 0 Å². The zero-order valence-electron chi connectivity index (χ0n) is 12.0. The Balaban J connectivity index is 1.78. The minimum Gasteiger partial charge on any atom is -0.371 e. The third-order valence-electron chi connectivity index (χ3n) is 5.55. The quantitative estimate of drug-likeness (QED) is 0.894. The lowest BCUT2D eigenvalue weighted by molar-refractivity contribution is 0.238. The molecule has 2 aliphatic heterocycles. The molecule has 0 aromatic heterocycles. The molecule has 19 heavy (non-hydrogen) atoms. The van der Waals surface area contributed by atoms with Crippen molar-refractivity contribution in [3.05, 3.63) is 28.8 Å². The van der Waals surface area contributed by atoms with E-state index in [1.807, 2.05) is 0 Å². The Morgan fingerprint density at radius 2 is 1.89 bits per heavy atom. The van der Waals surface area contributed by atoms with Crippen molar-refractivity contribution in [3.63, 3.8) is 0 Å². The number of likely N-dealkylation sites (N-methyl/N-ethyl adjacent to an activating group) is 1. The standard InChI is InChI=1S/C17H24N2/c1-18-12-17(6-3-7-17)15-10-13-4-2-8-19-9-5-14(11-15)16(13)19/h10-11,18H,2-9,12H2,1H3. The molecule has 0 radical (unpaired) electrons. The van der Waals surface area contributed by atoms with E-state index in [0.29, 0.717) is 5.41 Å². The van der Waals surface area contributed by atoms with Gasteiger partial charge in [-0.15, -0.1) is 0 Å². The number of nitrogens with zero attached hydrogens (tertiary/aromatic N) is 1. The molecule has 0 spiro atoms. The fourth-order valence-electron chi connectivity index (χ4n) is 4.41. The van der Waals surface area contributed by atoms with Crippen molar-refractivity contribution in [1.29, 1.82) is 0 Å². The minimum atomic E-state index is 0.450. The van der Waals surface area contributed by atoms with Crippen molar-refractivity contribution in [2.45, 2.75) is 43.9 Å². The van der Waals surface area contributed by atoms with Gasteiger partial charge >= 0.3 is 0 Å². The van der Waals surface area contributed by atoms with Gasteiger partial charge in [0.2, 0.25) is 0 Å². The summed E-state index contributed by atoms with van der Waals surface area (Å²) in [4.78, 5) is 2.61. The molecule has 1 saturated carbocycles. The lowest BCUT2D eigenvalue weighted by atomic mass is 9.63. The second kappa shape index (κ2) is 4.24. The summed E-state index contributed by atoms with van der Waals surface area (Å²) in [5.41, 5.74) is 6.96. The van der Waals surface area contributed by atoms with Gasteiger partial charge in [0, 0.05) is 30.7 Å². The average Bonchev–Trinajstić information content (AvgIpc) is 2.79. The van der Waals surface area contributed by atoms with E-state index in [-0.39, 0.29) is 0 Å². The number of benzene rings is 1. The molecular formula is C17H24N2. The van der Waals surface area contributed by atoms with E-state index in [2.05, 4.69) is 29.4 Å². The van der Waals surface area contributed by atoms with Crippen molar-refractivity contribution >= 4 is 5.69 Å². The normalized spacial score (nSPS) is 23.1. The summed E-state index contributed by atoms with van der Waals surface area (Å²) in [6.45, 7) is 3.68. The highest BCUT2D eigenvalue weighted by Crippen LogP contribution is 2.46. The summed E-state index contributed by atoms with van der Waals surface area (Å²) in [7, 11) is 2.10. The SMILES string of the molecule is CNCC1(c2cc3c4c(c2)CCN4CCC3)CCC1. The summed E-state index contributed by atoms with van der Waals surface area (Å²) in [5, 5.41) is 3.43. The van der Waals surface area contributed by atoms with Crippen LogP contribution in [-0.2, 0) is 18.3 Å². The molecule has 1 aromatic rings. The minimum absolute atomic E-state index is 0.450. The summed E-state index contributed by atoms with van der Waals surface area (Å²) < 4.78 is 0. The molecule has 1 aromatic carbocycles. The lowest BCUT2D eigenvalue weighted by Gasteiger charge is -2.43. The van der Waals surface area contributed by atoms with Crippen molar-refractivity contribution in [1.82, 2.24) is 5.32 Å². The van der Waals surface area contributed by atoms with Crippen LogP contribution in [0.5, 0.6) is 0 Å². The van der Waals surface area contributed by atoms with Crippen LogP contribution < -0.4 is 10.2 Å². The number of anilines is 1. The van der Waals surface area contributed by atoms with Crippen molar-refractivity contribution < 1.29 is 0 Å². The molecule has 1 aliphatic carbocycles. The highest BCUT2D eigenvalue weighted by atomic mass is 15.2. The predicted octanol–water partition coefficient (Wildman–Crippen LogP) is 2.64. The van der Waals surface area contributed by atoms with Gasteiger partial charge in [-0.3, -0.25) is 0 Å². The molecule has 2 nitrogen and oxygen atoms in total. The second-order valence-corrected chi connectivity index (χ2v) is 6.65. The number of hydrogen-bond acceptors (Lipinski definition) is 2. The molecule has 1 fully saturated rings. The van der Waals surface area contributed by atoms with Crippen LogP contribution in [0.25, 0.3) is 0 Å². The van der Waals surface area contributed by atoms with Crippen LogP contribution >= 0.6 is 0 Å². The first-order valence-corrected chi connectivity index (χ1v) is 7.88. The van der Waals surface area contributed by atoms with Gasteiger partial charge < -0.3 is 10.2 Å². The van der Waals surface area contributed by atoms with Crippen LogP contribution in [-0.4, -0.2) is 26.7 Å². The Labute approximate surface area is 116 Å². The van der Waals surface area contributed by atoms with E-state index < -0.39 is 0 Å². The second-order valence-electron chi connectivity index (χ2n) is 6.65. The van der Waals surface area contributed by atoms with Crippen LogP contribution in [0.1, 0.15) is 42.4 Å². The molecule has 2 heteroatoms.